The molecule has 0 saturated carbocycles. The van der Waals surface area contributed by atoms with Crippen LogP contribution in [0.15, 0.2) is 71.1 Å². The van der Waals surface area contributed by atoms with Gasteiger partial charge in [0, 0.05) is 27.2 Å². The lowest BCUT2D eigenvalue weighted by molar-refractivity contribution is 0.0955. The second-order valence-electron chi connectivity index (χ2n) is 7.41. The van der Waals surface area contributed by atoms with Crippen molar-refractivity contribution in [2.75, 3.05) is 19.0 Å². The van der Waals surface area contributed by atoms with Crippen LogP contribution in [0.2, 0.25) is 5.02 Å². The summed E-state index contributed by atoms with van der Waals surface area (Å²) in [5, 5.41) is 10.8. The molecule has 0 unspecified atom stereocenters. The largest absolute Gasteiger partial charge is 0.492 e. The van der Waals surface area contributed by atoms with Gasteiger partial charge in [-0.15, -0.1) is 11.3 Å². The van der Waals surface area contributed by atoms with Crippen LogP contribution in [-0.2, 0) is 0 Å². The third-order valence-electron chi connectivity index (χ3n) is 4.96. The van der Waals surface area contributed by atoms with Crippen LogP contribution in [0.4, 0.5) is 10.8 Å². The van der Waals surface area contributed by atoms with E-state index in [1.54, 1.807) is 25.5 Å². The van der Waals surface area contributed by atoms with Crippen molar-refractivity contribution >= 4 is 68.5 Å². The summed E-state index contributed by atoms with van der Waals surface area (Å²) < 4.78 is 11.9. The number of hydrogen-bond acceptors (Lipinski definition) is 7. The number of hydrogen-bond donors (Lipinski definition) is 2. The minimum absolute atomic E-state index is 0.311. The highest BCUT2D eigenvalue weighted by atomic mass is 127. The van der Waals surface area contributed by atoms with E-state index in [0.717, 1.165) is 31.2 Å². The fraction of sp³-hybridized carbons (Fsp3) is 0.115. The van der Waals surface area contributed by atoms with Gasteiger partial charge in [-0.25, -0.2) is 10.4 Å². The quantitative estimate of drug-likeness (QED) is 0.118. The van der Waals surface area contributed by atoms with Crippen molar-refractivity contribution in [3.8, 4) is 22.8 Å². The van der Waals surface area contributed by atoms with E-state index in [4.69, 9.17) is 21.1 Å². The maximum Gasteiger partial charge on any atom is 0.271 e. The van der Waals surface area contributed by atoms with Crippen LogP contribution in [0.25, 0.3) is 11.3 Å². The molecular weight excluding hydrogens is 611 g/mol. The number of thiazole rings is 1. The van der Waals surface area contributed by atoms with E-state index in [1.165, 1.54) is 11.3 Å². The molecule has 0 spiro atoms. The first-order valence-electron chi connectivity index (χ1n) is 10.9. The molecule has 4 aromatic rings. The van der Waals surface area contributed by atoms with Crippen LogP contribution in [0, 0.1) is 3.57 Å². The number of nitrogens with one attached hydrogen (secondary N) is 2. The van der Waals surface area contributed by atoms with Crippen LogP contribution in [0.3, 0.4) is 0 Å². The zero-order chi connectivity index (χ0) is 25.5. The van der Waals surface area contributed by atoms with E-state index in [0.29, 0.717) is 28.7 Å². The highest BCUT2D eigenvalue weighted by Crippen LogP contribution is 2.33. The SMILES string of the molecule is CCOc1cc(/C=N\NC(=O)c2ccc(-c3csc(Nc4ccc(Cl)cc4)n3)cc2)cc(I)c1OC. The zero-order valence-electron chi connectivity index (χ0n) is 19.4. The summed E-state index contributed by atoms with van der Waals surface area (Å²) in [6.45, 7) is 2.42. The summed E-state index contributed by atoms with van der Waals surface area (Å²) in [5.41, 5.74) is 6.48. The Labute approximate surface area is 231 Å². The van der Waals surface area contributed by atoms with E-state index in [9.17, 15) is 4.79 Å². The average Bonchev–Trinajstić information content (AvgIpc) is 3.34. The van der Waals surface area contributed by atoms with E-state index < -0.39 is 0 Å². The summed E-state index contributed by atoms with van der Waals surface area (Å²) in [7, 11) is 1.60. The summed E-state index contributed by atoms with van der Waals surface area (Å²) in [5.74, 6) is 0.991. The predicted molar refractivity (Wildman–Crippen MR) is 154 cm³/mol. The highest BCUT2D eigenvalue weighted by molar-refractivity contribution is 14.1. The van der Waals surface area contributed by atoms with Gasteiger partial charge in [0.1, 0.15) is 0 Å². The zero-order valence-corrected chi connectivity index (χ0v) is 23.1. The third kappa shape index (κ3) is 6.54. The number of carbonyl (C=O) groups is 1. The Kier molecular flexibility index (Phi) is 8.79. The van der Waals surface area contributed by atoms with Crippen LogP contribution in [0.1, 0.15) is 22.8 Å². The Bertz CT molecular complexity index is 1380. The Balaban J connectivity index is 1.38. The van der Waals surface area contributed by atoms with Crippen LogP contribution in [-0.4, -0.2) is 30.8 Å². The van der Waals surface area contributed by atoms with Gasteiger partial charge >= 0.3 is 0 Å². The second kappa shape index (κ2) is 12.2. The molecule has 0 radical (unpaired) electrons. The molecule has 36 heavy (non-hydrogen) atoms. The second-order valence-corrected chi connectivity index (χ2v) is 9.87. The molecular formula is C26H22ClIN4O3S. The molecule has 7 nitrogen and oxygen atoms in total. The molecule has 1 heterocycles. The molecule has 1 aromatic heterocycles. The predicted octanol–water partition coefficient (Wildman–Crippen LogP) is 6.98. The maximum absolute atomic E-state index is 12.5. The fourth-order valence-corrected chi connectivity index (χ4v) is 4.98. The molecule has 0 bridgehead atoms. The number of carbonyl (C=O) groups excluding carboxylic acids is 1. The number of benzene rings is 3. The number of rotatable bonds is 9. The van der Waals surface area contributed by atoms with Gasteiger partial charge in [0.15, 0.2) is 16.6 Å². The number of aromatic nitrogens is 1. The van der Waals surface area contributed by atoms with Crippen molar-refractivity contribution in [2.24, 2.45) is 5.10 Å². The molecule has 0 atom stereocenters. The lowest BCUT2D eigenvalue weighted by atomic mass is 10.1. The van der Waals surface area contributed by atoms with E-state index in [-0.39, 0.29) is 5.91 Å². The van der Waals surface area contributed by atoms with Gasteiger partial charge in [-0.1, -0.05) is 23.7 Å². The maximum atomic E-state index is 12.5. The number of hydrazone groups is 1. The molecule has 0 aliphatic rings. The van der Waals surface area contributed by atoms with Crippen molar-refractivity contribution in [1.29, 1.82) is 0 Å². The van der Waals surface area contributed by atoms with Gasteiger partial charge in [0.25, 0.3) is 5.91 Å². The molecule has 10 heteroatoms. The van der Waals surface area contributed by atoms with Crippen molar-refractivity contribution < 1.29 is 14.3 Å². The van der Waals surface area contributed by atoms with Crippen LogP contribution in [0.5, 0.6) is 11.5 Å². The van der Waals surface area contributed by atoms with Crippen molar-refractivity contribution in [2.45, 2.75) is 6.92 Å². The summed E-state index contributed by atoms with van der Waals surface area (Å²) in [6.07, 6.45) is 1.57. The van der Waals surface area contributed by atoms with Gasteiger partial charge in [0.2, 0.25) is 0 Å². The molecule has 1 amide bonds. The first kappa shape index (κ1) is 25.9. The van der Waals surface area contributed by atoms with Crippen molar-refractivity contribution in [3.05, 3.63) is 85.8 Å². The summed E-state index contributed by atoms with van der Waals surface area (Å²) >= 11 is 9.61. The molecule has 2 N–H and O–H groups in total. The number of amides is 1. The van der Waals surface area contributed by atoms with Crippen LogP contribution >= 0.6 is 45.5 Å². The lowest BCUT2D eigenvalue weighted by Gasteiger charge is -2.11. The molecule has 0 aliphatic carbocycles. The van der Waals surface area contributed by atoms with Gasteiger partial charge in [-0.05, 0) is 83.6 Å². The monoisotopic (exact) mass is 632 g/mol. The van der Waals surface area contributed by atoms with Gasteiger partial charge < -0.3 is 14.8 Å². The summed E-state index contributed by atoms with van der Waals surface area (Å²) in [4.78, 5) is 17.2. The highest BCUT2D eigenvalue weighted by Gasteiger charge is 2.11. The fourth-order valence-electron chi connectivity index (χ4n) is 3.27. The average molecular weight is 633 g/mol. The standard InChI is InChI=1S/C26H22ClIN4O3S/c1-3-35-23-13-16(12-21(28)24(23)34-2)14-29-32-25(33)18-6-4-17(5-7-18)22-15-36-26(31-22)30-20-10-8-19(27)9-11-20/h4-15H,3H2,1-2H3,(H,30,31)(H,32,33)/b29-14-. The number of halogens is 2. The Morgan fingerprint density at radius 3 is 2.61 bits per heavy atom. The van der Waals surface area contributed by atoms with Gasteiger partial charge in [-0.2, -0.15) is 5.10 Å². The van der Waals surface area contributed by atoms with Crippen molar-refractivity contribution in [1.82, 2.24) is 10.4 Å². The molecule has 4 rings (SSSR count). The minimum Gasteiger partial charge on any atom is -0.492 e. The molecule has 0 fully saturated rings. The summed E-state index contributed by atoms with van der Waals surface area (Å²) in [6, 6.07) is 18.4. The smallest absolute Gasteiger partial charge is 0.271 e. The first-order valence-corrected chi connectivity index (χ1v) is 13.2. The molecule has 0 saturated heterocycles. The minimum atomic E-state index is -0.311. The number of nitrogens with zero attached hydrogens (tertiary/aromatic N) is 2. The third-order valence-corrected chi connectivity index (χ3v) is 6.77. The van der Waals surface area contributed by atoms with Gasteiger partial charge in [-0.3, -0.25) is 4.79 Å². The Morgan fingerprint density at radius 1 is 1.17 bits per heavy atom. The lowest BCUT2D eigenvalue weighted by Crippen LogP contribution is -2.17. The van der Waals surface area contributed by atoms with E-state index in [2.05, 4.69) is 43.4 Å². The Hall–Kier alpha value is -3.15. The van der Waals surface area contributed by atoms with E-state index in [1.807, 2.05) is 60.8 Å². The van der Waals surface area contributed by atoms with Crippen molar-refractivity contribution in [3.63, 3.8) is 0 Å². The molecule has 184 valence electrons. The normalized spacial score (nSPS) is 10.9. The number of anilines is 2. The van der Waals surface area contributed by atoms with Crippen LogP contribution < -0.4 is 20.2 Å². The molecule has 3 aromatic carbocycles. The van der Waals surface area contributed by atoms with Gasteiger partial charge in [0.05, 0.1) is 29.2 Å². The topological polar surface area (TPSA) is 84.8 Å². The number of ether oxygens (including phenoxy) is 2. The molecule has 0 aliphatic heterocycles. The number of methoxy groups -OCH3 is 1. The first-order chi connectivity index (χ1) is 17.5. The Morgan fingerprint density at radius 2 is 1.92 bits per heavy atom. The van der Waals surface area contributed by atoms with E-state index >= 15 is 0 Å².